The van der Waals surface area contributed by atoms with Gasteiger partial charge in [0.25, 0.3) is 5.56 Å². The highest BCUT2D eigenvalue weighted by Crippen LogP contribution is 2.32. The van der Waals surface area contributed by atoms with Gasteiger partial charge >= 0.3 is 12.1 Å². The monoisotopic (exact) mass is 554 g/mol. The summed E-state index contributed by atoms with van der Waals surface area (Å²) in [6.07, 6.45) is -5.03. The molecule has 1 aromatic heterocycles. The van der Waals surface area contributed by atoms with E-state index in [-0.39, 0.29) is 32.1 Å². The number of hydrogen-bond donors (Lipinski definition) is 1. The van der Waals surface area contributed by atoms with Crippen LogP contribution in [-0.4, -0.2) is 35.1 Å². The van der Waals surface area contributed by atoms with Crippen LogP contribution in [0.5, 0.6) is 11.5 Å². The highest BCUT2D eigenvalue weighted by atomic mass is 35.5. The Kier molecular flexibility index (Phi) is 8.22. The van der Waals surface area contributed by atoms with Crippen molar-refractivity contribution in [1.29, 1.82) is 0 Å². The molecule has 4 rings (SSSR count). The number of hydrogen-bond acceptors (Lipinski definition) is 7. The number of alkyl halides is 3. The summed E-state index contributed by atoms with van der Waals surface area (Å²) in [5.41, 5.74) is 0.263. The Morgan fingerprint density at radius 2 is 1.76 bits per heavy atom. The highest BCUT2D eigenvalue weighted by Gasteiger charge is 2.35. The van der Waals surface area contributed by atoms with Gasteiger partial charge in [-0.2, -0.15) is 0 Å². The number of fused-ring (bicyclic) bond motifs is 1. The molecule has 1 unspecified atom stereocenters. The summed E-state index contributed by atoms with van der Waals surface area (Å²) in [7, 11) is 1.57. The van der Waals surface area contributed by atoms with E-state index in [4.69, 9.17) is 21.1 Å². The minimum atomic E-state index is -4.81. The van der Waals surface area contributed by atoms with E-state index in [1.807, 2.05) is 19.1 Å². The maximum Gasteiger partial charge on any atom is 0.573 e. The lowest BCUT2D eigenvalue weighted by molar-refractivity contribution is -0.274. The van der Waals surface area contributed by atoms with E-state index in [2.05, 4.69) is 10.1 Å². The largest absolute Gasteiger partial charge is 0.573 e. The number of benzene rings is 2. The lowest BCUT2D eigenvalue weighted by Crippen LogP contribution is -2.42. The maximum atomic E-state index is 13.3. The van der Waals surface area contributed by atoms with Crippen LogP contribution >= 0.6 is 11.6 Å². The van der Waals surface area contributed by atoms with Gasteiger partial charge in [-0.05, 0) is 36.2 Å². The molecule has 0 aliphatic carbocycles. The van der Waals surface area contributed by atoms with Crippen LogP contribution in [0, 0.1) is 0 Å². The van der Waals surface area contributed by atoms with Crippen molar-refractivity contribution in [2.45, 2.75) is 39.1 Å². The fourth-order valence-corrected chi connectivity index (χ4v) is 4.20. The Balaban J connectivity index is 1.52. The zero-order valence-electron chi connectivity index (χ0n) is 20.6. The third-order valence-electron chi connectivity index (χ3n) is 5.74. The molecule has 13 heteroatoms. The van der Waals surface area contributed by atoms with Gasteiger partial charge < -0.3 is 24.4 Å². The first kappa shape index (κ1) is 27.4. The molecule has 0 amide bonds. The van der Waals surface area contributed by atoms with Gasteiger partial charge in [0.1, 0.15) is 29.6 Å². The molecule has 3 aromatic rings. The van der Waals surface area contributed by atoms with Gasteiger partial charge in [-0.1, -0.05) is 36.7 Å². The number of rotatable bonds is 10. The van der Waals surface area contributed by atoms with E-state index in [0.29, 0.717) is 22.9 Å². The Morgan fingerprint density at radius 1 is 1.05 bits per heavy atom. The van der Waals surface area contributed by atoms with Crippen LogP contribution in [-0.2, 0) is 24.9 Å². The second-order valence-corrected chi connectivity index (χ2v) is 8.93. The van der Waals surface area contributed by atoms with Crippen molar-refractivity contribution >= 4 is 23.1 Å². The summed E-state index contributed by atoms with van der Waals surface area (Å²) in [5, 5.41) is 3.66. The van der Waals surface area contributed by atoms with Gasteiger partial charge in [-0.25, -0.2) is 4.79 Å². The minimum absolute atomic E-state index is 0.00220. The second-order valence-electron chi connectivity index (χ2n) is 8.49. The topological polar surface area (TPSA) is 87.0 Å². The lowest BCUT2D eigenvalue weighted by Gasteiger charge is -2.26. The van der Waals surface area contributed by atoms with Gasteiger partial charge in [0.15, 0.2) is 0 Å². The molecule has 0 saturated carbocycles. The molecule has 0 fully saturated rings. The van der Waals surface area contributed by atoms with Crippen molar-refractivity contribution in [2.75, 3.05) is 23.4 Å². The maximum absolute atomic E-state index is 13.3. The number of anilines is 2. The molecule has 1 aliphatic heterocycles. The number of ether oxygens (including phenoxy) is 3. The normalized spacial score (nSPS) is 14.8. The Bertz CT molecular complexity index is 1390. The van der Waals surface area contributed by atoms with Crippen molar-refractivity contribution in [3.8, 4) is 11.5 Å². The predicted octanol–water partition coefficient (Wildman–Crippen LogP) is 4.32. The number of nitrogens with one attached hydrogen (secondary N) is 1. The standard InChI is InChI=1S/C25H26ClF3N4O5/c1-3-11-32-22(34)20-21(31(2)24(32)35)30-23(33(20)15-16-7-9-17(26)10-8-16)37-13-12-36-18-5-4-6-19(14-18)38-25(27,28)29/h4-10,14,23,30H,3,11-13,15H2,1-2H3. The zero-order valence-corrected chi connectivity index (χ0v) is 21.4. The molecule has 204 valence electrons. The molecule has 2 aromatic carbocycles. The Morgan fingerprint density at radius 3 is 2.45 bits per heavy atom. The molecular weight excluding hydrogens is 529 g/mol. The fraction of sp³-hybridized carbons (Fsp3) is 0.360. The summed E-state index contributed by atoms with van der Waals surface area (Å²) in [6.45, 7) is 2.44. The van der Waals surface area contributed by atoms with Crippen LogP contribution in [0.2, 0.25) is 5.02 Å². The minimum Gasteiger partial charge on any atom is -0.491 e. The van der Waals surface area contributed by atoms with E-state index in [1.54, 1.807) is 24.1 Å². The molecule has 0 spiro atoms. The van der Waals surface area contributed by atoms with Crippen LogP contribution in [0.25, 0.3) is 0 Å². The van der Waals surface area contributed by atoms with E-state index < -0.39 is 29.7 Å². The van der Waals surface area contributed by atoms with Gasteiger partial charge in [-0.3, -0.25) is 13.9 Å². The average Bonchev–Trinajstić information content (AvgIpc) is 3.22. The first-order chi connectivity index (χ1) is 18.1. The van der Waals surface area contributed by atoms with Crippen molar-refractivity contribution in [3.63, 3.8) is 0 Å². The summed E-state index contributed by atoms with van der Waals surface area (Å²) in [4.78, 5) is 27.8. The fourth-order valence-electron chi connectivity index (χ4n) is 4.07. The van der Waals surface area contributed by atoms with Crippen LogP contribution in [0.4, 0.5) is 24.7 Å². The summed E-state index contributed by atoms with van der Waals surface area (Å²) < 4.78 is 55.4. The molecule has 1 aliphatic rings. The molecule has 38 heavy (non-hydrogen) atoms. The zero-order chi connectivity index (χ0) is 27.4. The first-order valence-electron chi connectivity index (χ1n) is 11.8. The summed E-state index contributed by atoms with van der Waals surface area (Å²) in [6, 6.07) is 12.3. The van der Waals surface area contributed by atoms with Gasteiger partial charge in [0.05, 0.1) is 6.61 Å². The first-order valence-corrected chi connectivity index (χ1v) is 12.2. The highest BCUT2D eigenvalue weighted by molar-refractivity contribution is 6.30. The lowest BCUT2D eigenvalue weighted by atomic mass is 10.2. The third-order valence-corrected chi connectivity index (χ3v) is 5.99. The van der Waals surface area contributed by atoms with E-state index >= 15 is 0 Å². The van der Waals surface area contributed by atoms with Crippen LogP contribution in [0.15, 0.2) is 58.1 Å². The molecular formula is C25H26ClF3N4O5. The second kappa shape index (κ2) is 11.4. The van der Waals surface area contributed by atoms with Crippen molar-refractivity contribution in [2.24, 2.45) is 7.05 Å². The van der Waals surface area contributed by atoms with Gasteiger partial charge in [-0.15, -0.1) is 13.2 Å². The van der Waals surface area contributed by atoms with Gasteiger partial charge in [0, 0.05) is 31.2 Å². The average molecular weight is 555 g/mol. The molecule has 0 bridgehead atoms. The molecule has 2 heterocycles. The molecule has 0 saturated heterocycles. The summed E-state index contributed by atoms with van der Waals surface area (Å²) in [5.74, 6) is 0.0902. The van der Waals surface area contributed by atoms with E-state index in [9.17, 15) is 22.8 Å². The Hall–Kier alpha value is -3.64. The molecule has 1 atom stereocenters. The van der Waals surface area contributed by atoms with Crippen molar-refractivity contribution in [3.05, 3.63) is 80.0 Å². The smallest absolute Gasteiger partial charge is 0.491 e. The summed E-state index contributed by atoms with van der Waals surface area (Å²) >= 11 is 6.01. The molecule has 9 nitrogen and oxygen atoms in total. The molecule has 1 N–H and O–H groups in total. The van der Waals surface area contributed by atoms with Crippen LogP contribution < -0.4 is 30.9 Å². The quantitative estimate of drug-likeness (QED) is 0.374. The van der Waals surface area contributed by atoms with E-state index in [1.165, 1.54) is 27.3 Å². The molecule has 0 radical (unpaired) electrons. The number of nitrogens with zero attached hydrogens (tertiary/aromatic N) is 3. The van der Waals surface area contributed by atoms with E-state index in [0.717, 1.165) is 11.6 Å². The SMILES string of the molecule is CCCn1c(=O)c2c(n(C)c1=O)NC(OCCOc1cccc(OC(F)(F)F)c1)N2Cc1ccc(Cl)cc1. The van der Waals surface area contributed by atoms with Crippen LogP contribution in [0.3, 0.4) is 0 Å². The van der Waals surface area contributed by atoms with Gasteiger partial charge in [0.2, 0.25) is 6.35 Å². The Labute approximate surface area is 220 Å². The number of halogens is 4. The van der Waals surface area contributed by atoms with Crippen molar-refractivity contribution in [1.82, 2.24) is 9.13 Å². The third kappa shape index (κ3) is 6.25. The van der Waals surface area contributed by atoms with Crippen molar-refractivity contribution < 1.29 is 27.4 Å². The number of aromatic nitrogens is 2. The predicted molar refractivity (Wildman–Crippen MR) is 136 cm³/mol. The van der Waals surface area contributed by atoms with Crippen LogP contribution in [0.1, 0.15) is 18.9 Å².